The Kier molecular flexibility index (Phi) is 4.56. The van der Waals surface area contributed by atoms with Gasteiger partial charge in [-0.05, 0) is 30.2 Å². The van der Waals surface area contributed by atoms with Gasteiger partial charge in [-0.2, -0.15) is 0 Å². The van der Waals surface area contributed by atoms with Crippen LogP contribution in [-0.4, -0.2) is 16.4 Å². The average molecular weight is 309 g/mol. The minimum atomic E-state index is 0.404. The van der Waals surface area contributed by atoms with Crippen LogP contribution < -0.4 is 4.74 Å². The van der Waals surface area contributed by atoms with E-state index in [1.54, 1.807) is 0 Å². The standard InChI is InChI=1S/C17H15N3OS/c1-13-7-5-6-8-14(13)11-18-17-20-19-16(22-17)12-21-15-9-3-2-4-10-15/h2-11H,12H2,1H3. The number of hydrogen-bond acceptors (Lipinski definition) is 5. The van der Waals surface area contributed by atoms with Crippen molar-refractivity contribution in [3.63, 3.8) is 0 Å². The normalized spacial score (nSPS) is 11.0. The quantitative estimate of drug-likeness (QED) is 0.664. The van der Waals surface area contributed by atoms with Crippen LogP contribution in [0.2, 0.25) is 0 Å². The molecule has 0 aliphatic carbocycles. The third-order valence-corrected chi connectivity index (χ3v) is 3.87. The number of aryl methyl sites for hydroxylation is 1. The molecule has 0 fully saturated rings. The van der Waals surface area contributed by atoms with Crippen LogP contribution in [0, 0.1) is 6.92 Å². The summed E-state index contributed by atoms with van der Waals surface area (Å²) in [5.74, 6) is 0.822. The zero-order chi connectivity index (χ0) is 15.2. The van der Waals surface area contributed by atoms with E-state index in [4.69, 9.17) is 4.74 Å². The molecule has 0 saturated carbocycles. The number of para-hydroxylation sites is 1. The molecule has 5 heteroatoms. The van der Waals surface area contributed by atoms with Gasteiger partial charge in [0.15, 0.2) is 5.01 Å². The summed E-state index contributed by atoms with van der Waals surface area (Å²) >= 11 is 1.43. The van der Waals surface area contributed by atoms with Gasteiger partial charge in [-0.15, -0.1) is 10.2 Å². The summed E-state index contributed by atoms with van der Waals surface area (Å²) in [6.07, 6.45) is 1.82. The molecule has 0 amide bonds. The van der Waals surface area contributed by atoms with E-state index in [-0.39, 0.29) is 0 Å². The SMILES string of the molecule is Cc1ccccc1C=Nc1nnc(COc2ccccc2)s1. The van der Waals surface area contributed by atoms with E-state index < -0.39 is 0 Å². The molecular weight excluding hydrogens is 294 g/mol. The Labute approximate surface area is 133 Å². The van der Waals surface area contributed by atoms with Crippen molar-refractivity contribution in [2.24, 2.45) is 4.99 Å². The van der Waals surface area contributed by atoms with Crippen LogP contribution in [0.4, 0.5) is 5.13 Å². The van der Waals surface area contributed by atoms with Gasteiger partial charge in [-0.3, -0.25) is 0 Å². The van der Waals surface area contributed by atoms with Crippen LogP contribution in [0.3, 0.4) is 0 Å². The Morgan fingerprint density at radius 1 is 1.05 bits per heavy atom. The van der Waals surface area contributed by atoms with Gasteiger partial charge in [0.2, 0.25) is 5.13 Å². The monoisotopic (exact) mass is 309 g/mol. The topological polar surface area (TPSA) is 47.4 Å². The molecule has 0 unspecified atom stereocenters. The first kappa shape index (κ1) is 14.4. The Hall–Kier alpha value is -2.53. The fourth-order valence-electron chi connectivity index (χ4n) is 1.87. The van der Waals surface area contributed by atoms with Crippen LogP contribution in [0.5, 0.6) is 5.75 Å². The molecule has 1 aromatic heterocycles. The second-order valence-corrected chi connectivity index (χ2v) is 5.74. The lowest BCUT2D eigenvalue weighted by Crippen LogP contribution is -1.94. The van der Waals surface area contributed by atoms with E-state index in [1.807, 2.05) is 54.7 Å². The van der Waals surface area contributed by atoms with Crippen molar-refractivity contribution in [1.29, 1.82) is 0 Å². The van der Waals surface area contributed by atoms with Crippen LogP contribution in [0.1, 0.15) is 16.1 Å². The van der Waals surface area contributed by atoms with E-state index in [9.17, 15) is 0 Å². The minimum Gasteiger partial charge on any atom is -0.486 e. The number of benzene rings is 2. The summed E-state index contributed by atoms with van der Waals surface area (Å²) in [6, 6.07) is 17.7. The number of rotatable bonds is 5. The van der Waals surface area contributed by atoms with Crippen molar-refractivity contribution in [1.82, 2.24) is 10.2 Å². The van der Waals surface area contributed by atoms with Crippen molar-refractivity contribution in [2.75, 3.05) is 0 Å². The molecular formula is C17H15N3OS. The van der Waals surface area contributed by atoms with Gasteiger partial charge in [0.05, 0.1) is 0 Å². The molecule has 0 atom stereocenters. The fraction of sp³-hybridized carbons (Fsp3) is 0.118. The molecule has 0 aliphatic heterocycles. The van der Waals surface area contributed by atoms with E-state index in [0.717, 1.165) is 16.3 Å². The third kappa shape index (κ3) is 3.77. The first-order valence-corrected chi connectivity index (χ1v) is 7.73. The van der Waals surface area contributed by atoms with Crippen molar-refractivity contribution in [3.8, 4) is 5.75 Å². The maximum Gasteiger partial charge on any atom is 0.231 e. The molecule has 22 heavy (non-hydrogen) atoms. The molecule has 3 aromatic rings. The smallest absolute Gasteiger partial charge is 0.231 e. The largest absolute Gasteiger partial charge is 0.486 e. The zero-order valence-electron chi connectivity index (χ0n) is 12.1. The first-order valence-electron chi connectivity index (χ1n) is 6.91. The third-order valence-electron chi connectivity index (χ3n) is 3.06. The number of ether oxygens (including phenoxy) is 1. The molecule has 0 aliphatic rings. The highest BCUT2D eigenvalue weighted by atomic mass is 32.1. The predicted molar refractivity (Wildman–Crippen MR) is 89.1 cm³/mol. The van der Waals surface area contributed by atoms with Gasteiger partial charge >= 0.3 is 0 Å². The average Bonchev–Trinajstić information content (AvgIpc) is 3.01. The van der Waals surface area contributed by atoms with Crippen molar-refractivity contribution in [3.05, 3.63) is 70.7 Å². The molecule has 4 nitrogen and oxygen atoms in total. The second kappa shape index (κ2) is 6.95. The Morgan fingerprint density at radius 2 is 1.82 bits per heavy atom. The number of hydrogen-bond donors (Lipinski definition) is 0. The van der Waals surface area contributed by atoms with Gasteiger partial charge in [-0.1, -0.05) is 53.8 Å². The van der Waals surface area contributed by atoms with Crippen molar-refractivity contribution < 1.29 is 4.74 Å². The van der Waals surface area contributed by atoms with Crippen molar-refractivity contribution in [2.45, 2.75) is 13.5 Å². The maximum absolute atomic E-state index is 5.64. The highest BCUT2D eigenvalue weighted by molar-refractivity contribution is 7.14. The molecule has 2 aromatic carbocycles. The molecule has 110 valence electrons. The molecule has 0 radical (unpaired) electrons. The summed E-state index contributed by atoms with van der Waals surface area (Å²) in [4.78, 5) is 4.38. The highest BCUT2D eigenvalue weighted by Gasteiger charge is 2.04. The predicted octanol–water partition coefficient (Wildman–Crippen LogP) is 4.18. The molecule has 0 saturated heterocycles. The van der Waals surface area contributed by atoms with E-state index >= 15 is 0 Å². The van der Waals surface area contributed by atoms with Crippen LogP contribution >= 0.6 is 11.3 Å². The van der Waals surface area contributed by atoms with Gasteiger partial charge < -0.3 is 4.74 Å². The number of aromatic nitrogens is 2. The molecule has 1 heterocycles. The molecule has 0 bridgehead atoms. The van der Waals surface area contributed by atoms with Crippen LogP contribution in [0.15, 0.2) is 59.6 Å². The summed E-state index contributed by atoms with van der Waals surface area (Å²) in [5.41, 5.74) is 2.27. The summed E-state index contributed by atoms with van der Waals surface area (Å²) in [7, 11) is 0. The lowest BCUT2D eigenvalue weighted by atomic mass is 10.1. The number of aliphatic imine (C=N–C) groups is 1. The van der Waals surface area contributed by atoms with Crippen LogP contribution in [-0.2, 0) is 6.61 Å². The van der Waals surface area contributed by atoms with E-state index in [2.05, 4.69) is 28.2 Å². The molecule has 0 N–H and O–H groups in total. The summed E-state index contributed by atoms with van der Waals surface area (Å²) in [6.45, 7) is 2.46. The summed E-state index contributed by atoms with van der Waals surface area (Å²) < 4.78 is 5.64. The molecule has 3 rings (SSSR count). The minimum absolute atomic E-state index is 0.404. The highest BCUT2D eigenvalue weighted by Crippen LogP contribution is 2.20. The van der Waals surface area contributed by atoms with Gasteiger partial charge in [-0.25, -0.2) is 4.99 Å². The lowest BCUT2D eigenvalue weighted by Gasteiger charge is -2.01. The Balaban J connectivity index is 1.63. The van der Waals surface area contributed by atoms with E-state index in [0.29, 0.717) is 11.7 Å². The first-order chi connectivity index (χ1) is 10.8. The van der Waals surface area contributed by atoms with Gasteiger partial charge in [0.25, 0.3) is 0 Å². The Bertz CT molecular complexity index is 768. The van der Waals surface area contributed by atoms with Gasteiger partial charge in [0.1, 0.15) is 12.4 Å². The second-order valence-electron chi connectivity index (χ2n) is 4.69. The zero-order valence-corrected chi connectivity index (χ0v) is 13.0. The number of nitrogens with zero attached hydrogens (tertiary/aromatic N) is 3. The van der Waals surface area contributed by atoms with Gasteiger partial charge in [0, 0.05) is 6.21 Å². The van der Waals surface area contributed by atoms with Crippen LogP contribution in [0.25, 0.3) is 0 Å². The van der Waals surface area contributed by atoms with Crippen molar-refractivity contribution >= 4 is 22.7 Å². The van der Waals surface area contributed by atoms with E-state index in [1.165, 1.54) is 16.9 Å². The fourth-order valence-corrected chi connectivity index (χ4v) is 2.47. The molecule has 0 spiro atoms. The maximum atomic E-state index is 5.64. The Morgan fingerprint density at radius 3 is 2.64 bits per heavy atom. The lowest BCUT2D eigenvalue weighted by molar-refractivity contribution is 0.304. The summed E-state index contributed by atoms with van der Waals surface area (Å²) in [5, 5.41) is 9.60.